The molecule has 0 aromatic heterocycles. The first-order chi connectivity index (χ1) is 18.5. The molecule has 41 heavy (non-hydrogen) atoms. The van der Waals surface area contributed by atoms with E-state index in [1.54, 1.807) is 0 Å². The van der Waals surface area contributed by atoms with Gasteiger partial charge in [0.1, 0.15) is 23.3 Å². The number of thiocarbonyl (C=S) groups is 1. The van der Waals surface area contributed by atoms with E-state index in [1.807, 2.05) is 5.32 Å². The number of amides is 1. The topological polar surface area (TPSA) is 32.3 Å². The van der Waals surface area contributed by atoms with Gasteiger partial charge in [0, 0.05) is 12.6 Å². The first kappa shape index (κ1) is 34.9. The summed E-state index contributed by atoms with van der Waals surface area (Å²) in [5, 5.41) is 0.992. The lowest BCUT2D eigenvalue weighted by Gasteiger charge is -2.26. The summed E-state index contributed by atoms with van der Waals surface area (Å²) in [5.41, 5.74) is -4.41. The standard InChI is InChI=1S/C24H17Cl3F10N2OS/c1-10(21(41)39(2)9-22(29,30)31)38-20(40)13-4-3-11(5-15(13)24(35,36)37)18(28)8-14(23(32,33)34)12-6-16(25)19(27)17(26)7-12/h3-8,10,14H,9H2,1-2H3,(H,38,40)/b18-8-. The molecule has 2 atom stereocenters. The smallest absolute Gasteiger partial charge is 0.359 e. The fourth-order valence-corrected chi connectivity index (χ4v) is 4.25. The van der Waals surface area contributed by atoms with E-state index in [-0.39, 0.29) is 27.2 Å². The molecule has 17 heteroatoms. The number of allylic oxidation sites excluding steroid dienone is 1. The van der Waals surface area contributed by atoms with E-state index in [4.69, 9.17) is 47.0 Å². The molecule has 0 aliphatic heterocycles. The van der Waals surface area contributed by atoms with Gasteiger partial charge in [-0.25, -0.2) is 4.39 Å². The SMILES string of the molecule is CC(NC(=O)c1ccc(/C(F)=C/C(c2cc(Cl)c(Cl)c(Cl)c2)C(F)(F)F)cc1C(F)(F)F)C(=S)N(C)CC(F)(F)F. The second-order valence-corrected chi connectivity index (χ2v) is 10.2. The van der Waals surface area contributed by atoms with Crippen LogP contribution in [0.25, 0.3) is 5.83 Å². The maximum Gasteiger partial charge on any atom is 0.417 e. The molecule has 2 aromatic carbocycles. The van der Waals surface area contributed by atoms with E-state index in [9.17, 15) is 44.3 Å². The number of hydrogen-bond donors (Lipinski definition) is 1. The minimum atomic E-state index is -5.29. The highest BCUT2D eigenvalue weighted by atomic mass is 35.5. The van der Waals surface area contributed by atoms with Gasteiger partial charge < -0.3 is 10.2 Å². The van der Waals surface area contributed by atoms with E-state index in [0.29, 0.717) is 17.0 Å². The van der Waals surface area contributed by atoms with Crippen molar-refractivity contribution in [1.82, 2.24) is 10.2 Å². The molecule has 0 saturated carbocycles. The number of carbonyl (C=O) groups is 1. The third-order valence-electron chi connectivity index (χ3n) is 5.39. The Labute approximate surface area is 247 Å². The van der Waals surface area contributed by atoms with Crippen LogP contribution < -0.4 is 5.32 Å². The van der Waals surface area contributed by atoms with Crippen molar-refractivity contribution in [3.05, 3.63) is 73.7 Å². The van der Waals surface area contributed by atoms with Crippen molar-refractivity contribution in [3.8, 4) is 0 Å². The molecule has 0 radical (unpaired) electrons. The number of alkyl halides is 9. The second kappa shape index (κ2) is 12.9. The Bertz CT molecular complexity index is 1320. The average molecular weight is 678 g/mol. The van der Waals surface area contributed by atoms with Crippen LogP contribution in [0.15, 0.2) is 36.4 Å². The molecule has 0 aliphatic rings. The van der Waals surface area contributed by atoms with Gasteiger partial charge in [-0.15, -0.1) is 0 Å². The minimum Gasteiger partial charge on any atom is -0.359 e. The zero-order valence-electron chi connectivity index (χ0n) is 20.5. The van der Waals surface area contributed by atoms with E-state index < -0.39 is 76.0 Å². The maximum atomic E-state index is 15.0. The lowest BCUT2D eigenvalue weighted by atomic mass is 9.95. The molecule has 1 N–H and O–H groups in total. The Morgan fingerprint density at radius 2 is 1.54 bits per heavy atom. The number of nitrogens with zero attached hydrogens (tertiary/aromatic N) is 1. The highest BCUT2D eigenvalue weighted by Gasteiger charge is 2.41. The summed E-state index contributed by atoms with van der Waals surface area (Å²) >= 11 is 22.1. The van der Waals surface area contributed by atoms with Crippen LogP contribution in [-0.4, -0.2) is 47.8 Å². The summed E-state index contributed by atoms with van der Waals surface area (Å²) in [4.78, 5) is 12.7. The Kier molecular flexibility index (Phi) is 11.0. The summed E-state index contributed by atoms with van der Waals surface area (Å²) in [6.45, 7) is -0.364. The Morgan fingerprint density at radius 3 is 2.00 bits per heavy atom. The number of carbonyl (C=O) groups excluding carboxylic acids is 1. The summed E-state index contributed by atoms with van der Waals surface area (Å²) < 4.78 is 136. The molecule has 2 aromatic rings. The summed E-state index contributed by atoms with van der Waals surface area (Å²) in [6.07, 6.45) is -15.1. The number of likely N-dealkylation sites (N-methyl/N-ethyl adjacent to an activating group) is 1. The fourth-order valence-electron chi connectivity index (χ4n) is 3.52. The first-order valence-electron chi connectivity index (χ1n) is 11.0. The predicted octanol–water partition coefficient (Wildman–Crippen LogP) is 9.26. The van der Waals surface area contributed by atoms with Crippen molar-refractivity contribution >= 4 is 63.7 Å². The van der Waals surface area contributed by atoms with Crippen LogP contribution in [0.4, 0.5) is 43.9 Å². The first-order valence-corrected chi connectivity index (χ1v) is 12.5. The van der Waals surface area contributed by atoms with Crippen molar-refractivity contribution in [2.75, 3.05) is 13.6 Å². The average Bonchev–Trinajstić information content (AvgIpc) is 2.82. The van der Waals surface area contributed by atoms with Crippen molar-refractivity contribution in [2.45, 2.75) is 37.4 Å². The van der Waals surface area contributed by atoms with Gasteiger partial charge in [-0.1, -0.05) is 53.1 Å². The van der Waals surface area contributed by atoms with E-state index >= 15 is 4.39 Å². The van der Waals surface area contributed by atoms with Gasteiger partial charge in [0.15, 0.2) is 0 Å². The highest BCUT2D eigenvalue weighted by molar-refractivity contribution is 7.80. The van der Waals surface area contributed by atoms with Crippen LogP contribution in [0.3, 0.4) is 0 Å². The number of nitrogens with one attached hydrogen (secondary N) is 1. The molecule has 0 bridgehead atoms. The zero-order chi connectivity index (χ0) is 31.7. The number of hydrogen-bond acceptors (Lipinski definition) is 2. The third-order valence-corrected chi connectivity index (χ3v) is 7.25. The lowest BCUT2D eigenvalue weighted by Crippen LogP contribution is -2.47. The molecule has 0 saturated heterocycles. The van der Waals surface area contributed by atoms with Crippen molar-refractivity contribution in [3.63, 3.8) is 0 Å². The Balaban J connectivity index is 2.47. The summed E-state index contributed by atoms with van der Waals surface area (Å²) in [7, 11) is 0.962. The number of benzene rings is 2. The van der Waals surface area contributed by atoms with Crippen molar-refractivity contribution < 1.29 is 48.7 Å². The second-order valence-electron chi connectivity index (χ2n) is 8.60. The Morgan fingerprint density at radius 1 is 1.00 bits per heavy atom. The van der Waals surface area contributed by atoms with Gasteiger partial charge in [-0.05, 0) is 42.8 Å². The van der Waals surface area contributed by atoms with E-state index in [0.717, 1.165) is 26.1 Å². The molecule has 0 heterocycles. The Hall–Kier alpha value is -2.29. The van der Waals surface area contributed by atoms with Crippen LogP contribution in [0.2, 0.25) is 15.1 Å². The molecule has 0 fully saturated rings. The van der Waals surface area contributed by atoms with Gasteiger partial charge in [0.25, 0.3) is 5.91 Å². The van der Waals surface area contributed by atoms with E-state index in [1.165, 1.54) is 0 Å². The molecule has 2 rings (SSSR count). The molecule has 1 amide bonds. The van der Waals surface area contributed by atoms with Crippen molar-refractivity contribution in [2.24, 2.45) is 0 Å². The van der Waals surface area contributed by atoms with Crippen molar-refractivity contribution in [1.29, 1.82) is 0 Å². The van der Waals surface area contributed by atoms with Crippen LogP contribution in [0.1, 0.15) is 39.9 Å². The highest BCUT2D eigenvalue weighted by Crippen LogP contribution is 2.43. The van der Waals surface area contributed by atoms with Gasteiger partial charge in [-0.2, -0.15) is 39.5 Å². The molecule has 0 spiro atoms. The molecule has 0 aliphatic carbocycles. The molecule has 3 nitrogen and oxygen atoms in total. The molecule has 2 unspecified atom stereocenters. The largest absolute Gasteiger partial charge is 0.417 e. The third kappa shape index (κ3) is 9.35. The van der Waals surface area contributed by atoms with Crippen LogP contribution >= 0.6 is 47.0 Å². The summed E-state index contributed by atoms with van der Waals surface area (Å²) in [6, 6.07) is 1.45. The van der Waals surface area contributed by atoms with Gasteiger partial charge in [-0.3, -0.25) is 4.79 Å². The maximum absolute atomic E-state index is 15.0. The molecular weight excluding hydrogens is 661 g/mol. The van der Waals surface area contributed by atoms with Gasteiger partial charge in [0.05, 0.1) is 32.2 Å². The molecular formula is C24H17Cl3F10N2OS. The van der Waals surface area contributed by atoms with Crippen LogP contribution in [0.5, 0.6) is 0 Å². The van der Waals surface area contributed by atoms with Crippen LogP contribution in [-0.2, 0) is 6.18 Å². The quantitative estimate of drug-likeness (QED) is 0.180. The monoisotopic (exact) mass is 676 g/mol. The molecule has 226 valence electrons. The van der Waals surface area contributed by atoms with Crippen LogP contribution in [0, 0.1) is 0 Å². The predicted molar refractivity (Wildman–Crippen MR) is 139 cm³/mol. The van der Waals surface area contributed by atoms with Gasteiger partial charge in [0.2, 0.25) is 0 Å². The normalized spacial score (nSPS) is 14.5. The zero-order valence-corrected chi connectivity index (χ0v) is 23.6. The van der Waals surface area contributed by atoms with Gasteiger partial charge >= 0.3 is 18.5 Å². The fraction of sp³-hybridized carbons (Fsp3) is 0.333. The number of halogens is 13. The summed E-state index contributed by atoms with van der Waals surface area (Å²) in [5.74, 6) is -5.86. The minimum absolute atomic E-state index is 0.00211. The number of rotatable bonds is 7. The van der Waals surface area contributed by atoms with E-state index in [2.05, 4.69) is 0 Å². The lowest BCUT2D eigenvalue weighted by molar-refractivity contribution is -0.140.